The number of hydrogen-bond acceptors (Lipinski definition) is 12. The van der Waals surface area contributed by atoms with Crippen LogP contribution < -0.4 is 18.9 Å². The van der Waals surface area contributed by atoms with Crippen LogP contribution in [0.3, 0.4) is 0 Å². The van der Waals surface area contributed by atoms with Crippen molar-refractivity contribution in [2.24, 2.45) is 0 Å². The zero-order valence-corrected chi connectivity index (χ0v) is 39.7. The molecule has 4 N–H and O–H groups in total. The molecule has 0 fully saturated rings. The third kappa shape index (κ3) is 24.0. The van der Waals surface area contributed by atoms with Gasteiger partial charge in [0.2, 0.25) is 40.1 Å². The third-order valence-corrected chi connectivity index (χ3v) is 16.7. The van der Waals surface area contributed by atoms with Crippen LogP contribution in [0, 0.1) is 45.3 Å². The van der Waals surface area contributed by atoms with Gasteiger partial charge in [0, 0.05) is 51.9 Å². The van der Waals surface area contributed by atoms with Gasteiger partial charge in [0.1, 0.15) is 19.6 Å². The largest absolute Gasteiger partial charge is 0.243 e. The lowest BCUT2D eigenvalue weighted by atomic mass is 10.1. The Hall–Kier alpha value is -3.18. The van der Waals surface area contributed by atoms with Crippen molar-refractivity contribution < 1.29 is 33.7 Å². The monoisotopic (exact) mass is 942 g/mol. The Morgan fingerprint density at radius 1 is 0.306 bits per heavy atom. The fourth-order valence-electron chi connectivity index (χ4n) is 6.73. The second-order valence-electron chi connectivity index (χ2n) is 15.4. The maximum atomic E-state index is 14.3. The van der Waals surface area contributed by atoms with Gasteiger partial charge in [0.15, 0.2) is 0 Å². The van der Waals surface area contributed by atoms with Gasteiger partial charge in [-0.15, -0.1) is 0 Å². The fraction of sp³-hybridized carbons (Fsp3) is 0.762. The molecule has 0 atom stereocenters. The van der Waals surface area contributed by atoms with E-state index in [-0.39, 0.29) is 26.2 Å². The summed E-state index contributed by atoms with van der Waals surface area (Å²) in [7, 11) is -19.5. The first-order valence-corrected chi connectivity index (χ1v) is 28.3. The topological polar surface area (TPSA) is 280 Å². The van der Waals surface area contributed by atoms with Crippen LogP contribution in [-0.4, -0.2) is 59.9 Å². The van der Waals surface area contributed by atoms with Crippen LogP contribution >= 0.6 is 0 Å². The second kappa shape index (κ2) is 33.3. The normalized spacial score (nSPS) is 12.1. The molecule has 1 aromatic rings. The maximum Gasteiger partial charge on any atom is 0.243 e. The van der Waals surface area contributed by atoms with E-state index in [0.717, 1.165) is 115 Å². The minimum atomic E-state index is -5.00. The standard InChI is InChI=1S/C42H70N8O8S4/c43-31-21-13-5-1-9-17-25-35-47-59(51,52)39-29-30-40(60(53,54)48-36-26-18-10-2-6-14-22-32-44)42(62(57,58)50-38-28-20-12-4-8-16-24-34-46)41(39)61(55,56)49-37-27-19-11-3-7-15-23-33-45/h29-30,47-50H,1-28,35-38H2. The summed E-state index contributed by atoms with van der Waals surface area (Å²) in [5.41, 5.74) is 0. The number of hydrogen-bond donors (Lipinski definition) is 4. The Kier molecular flexibility index (Phi) is 30.6. The molecule has 350 valence electrons. The Labute approximate surface area is 373 Å². The molecule has 0 bridgehead atoms. The van der Waals surface area contributed by atoms with Gasteiger partial charge in [0.25, 0.3) is 0 Å². The lowest BCUT2D eigenvalue weighted by molar-refractivity contribution is 0.539. The summed E-state index contributed by atoms with van der Waals surface area (Å²) in [4.78, 5) is -4.15. The summed E-state index contributed by atoms with van der Waals surface area (Å²) < 4.78 is 123. The van der Waals surface area contributed by atoms with E-state index in [2.05, 4.69) is 43.2 Å². The molecular weight excluding hydrogens is 873 g/mol. The predicted molar refractivity (Wildman–Crippen MR) is 239 cm³/mol. The molecule has 0 aliphatic carbocycles. The van der Waals surface area contributed by atoms with E-state index in [9.17, 15) is 33.7 Å². The molecule has 16 nitrogen and oxygen atoms in total. The van der Waals surface area contributed by atoms with Gasteiger partial charge in [-0.25, -0.2) is 52.6 Å². The van der Waals surface area contributed by atoms with Gasteiger partial charge >= 0.3 is 0 Å². The summed E-state index contributed by atoms with van der Waals surface area (Å²) >= 11 is 0. The first kappa shape index (κ1) is 56.8. The SMILES string of the molecule is N#CCCCCCCCCNS(=O)(=O)c1ccc(S(=O)(=O)NCCCCCCCCC#N)c(S(=O)(=O)NCCCCCCCCC#N)c1S(=O)(=O)NCCCCCCCCC#N. The summed E-state index contributed by atoms with van der Waals surface area (Å²) in [6.45, 7) is -0.513. The number of benzene rings is 1. The van der Waals surface area contributed by atoms with Crippen molar-refractivity contribution in [3.8, 4) is 24.3 Å². The van der Waals surface area contributed by atoms with Crippen molar-refractivity contribution in [3.63, 3.8) is 0 Å². The minimum Gasteiger partial charge on any atom is -0.211 e. The molecule has 0 unspecified atom stereocenters. The molecule has 0 amide bonds. The average Bonchev–Trinajstić information content (AvgIpc) is 3.23. The molecule has 1 aromatic carbocycles. The highest BCUT2D eigenvalue weighted by molar-refractivity contribution is 7.95. The summed E-state index contributed by atoms with van der Waals surface area (Å²) in [5, 5.41) is 35.0. The summed E-state index contributed by atoms with van der Waals surface area (Å²) in [5.74, 6) is 0. The van der Waals surface area contributed by atoms with Gasteiger partial charge in [-0.1, -0.05) is 103 Å². The van der Waals surface area contributed by atoms with Gasteiger partial charge < -0.3 is 0 Å². The van der Waals surface area contributed by atoms with Crippen molar-refractivity contribution in [1.29, 1.82) is 21.0 Å². The van der Waals surface area contributed by atoms with E-state index in [1.54, 1.807) is 0 Å². The highest BCUT2D eigenvalue weighted by atomic mass is 32.2. The number of nitrogens with one attached hydrogen (secondary N) is 4. The smallest absolute Gasteiger partial charge is 0.211 e. The Morgan fingerprint density at radius 2 is 0.500 bits per heavy atom. The third-order valence-electron chi connectivity index (χ3n) is 10.2. The quantitative estimate of drug-likeness (QED) is 0.0458. The van der Waals surface area contributed by atoms with Crippen LogP contribution in [0.5, 0.6) is 0 Å². The Balaban J connectivity index is 3.58. The second-order valence-corrected chi connectivity index (χ2v) is 22.3. The Morgan fingerprint density at radius 3 is 0.726 bits per heavy atom. The predicted octanol–water partition coefficient (Wildman–Crippen LogP) is 7.82. The number of nitriles is 4. The van der Waals surface area contributed by atoms with Crippen LogP contribution in [0.2, 0.25) is 0 Å². The first-order chi connectivity index (χ1) is 29.7. The van der Waals surface area contributed by atoms with E-state index in [0.29, 0.717) is 77.0 Å². The number of rotatable bonds is 40. The number of sulfonamides is 4. The molecule has 62 heavy (non-hydrogen) atoms. The van der Waals surface area contributed by atoms with Crippen molar-refractivity contribution in [3.05, 3.63) is 12.1 Å². The lowest BCUT2D eigenvalue weighted by Crippen LogP contribution is -2.36. The van der Waals surface area contributed by atoms with Crippen molar-refractivity contribution in [2.75, 3.05) is 26.2 Å². The summed E-state index contributed by atoms with van der Waals surface area (Å²) in [6, 6.07) is 10.0. The van der Waals surface area contributed by atoms with Crippen LogP contribution in [0.25, 0.3) is 0 Å². The molecule has 0 saturated carbocycles. The van der Waals surface area contributed by atoms with Crippen molar-refractivity contribution in [1.82, 2.24) is 18.9 Å². The van der Waals surface area contributed by atoms with Crippen molar-refractivity contribution in [2.45, 2.75) is 199 Å². The molecule has 0 aromatic heterocycles. The highest BCUT2D eigenvalue weighted by Crippen LogP contribution is 2.34. The van der Waals surface area contributed by atoms with Gasteiger partial charge in [0.05, 0.1) is 24.3 Å². The van der Waals surface area contributed by atoms with Crippen LogP contribution in [0.4, 0.5) is 0 Å². The molecule has 0 aliphatic heterocycles. The molecule has 20 heteroatoms. The van der Waals surface area contributed by atoms with Gasteiger partial charge in [-0.05, 0) is 63.5 Å². The van der Waals surface area contributed by atoms with E-state index >= 15 is 0 Å². The minimum absolute atomic E-state index is 0.0847. The zero-order valence-electron chi connectivity index (χ0n) is 36.5. The van der Waals surface area contributed by atoms with Gasteiger partial charge in [-0.3, -0.25) is 0 Å². The van der Waals surface area contributed by atoms with Crippen LogP contribution in [-0.2, 0) is 40.1 Å². The molecule has 0 radical (unpaired) electrons. The fourth-order valence-corrected chi connectivity index (χ4v) is 13.6. The van der Waals surface area contributed by atoms with E-state index < -0.39 is 59.7 Å². The molecule has 0 saturated heterocycles. The van der Waals surface area contributed by atoms with E-state index in [4.69, 9.17) is 21.0 Å². The van der Waals surface area contributed by atoms with E-state index in [1.807, 2.05) is 0 Å². The molecular formula is C42H70N8O8S4. The molecule has 0 aliphatic rings. The lowest BCUT2D eigenvalue weighted by Gasteiger charge is -2.20. The van der Waals surface area contributed by atoms with Crippen LogP contribution in [0.15, 0.2) is 31.7 Å². The molecule has 0 heterocycles. The molecule has 0 spiro atoms. The maximum absolute atomic E-state index is 14.3. The molecule has 1 rings (SSSR count). The summed E-state index contributed by atoms with van der Waals surface area (Å²) in [6.07, 6.45) is 18.7. The van der Waals surface area contributed by atoms with E-state index in [1.165, 1.54) is 0 Å². The Bertz CT molecular complexity index is 1910. The van der Waals surface area contributed by atoms with Crippen LogP contribution in [0.1, 0.15) is 180 Å². The zero-order chi connectivity index (χ0) is 46.0. The average molecular weight is 943 g/mol. The van der Waals surface area contributed by atoms with Crippen molar-refractivity contribution >= 4 is 40.1 Å². The first-order valence-electron chi connectivity index (χ1n) is 22.3. The number of nitrogens with zero attached hydrogens (tertiary/aromatic N) is 4. The van der Waals surface area contributed by atoms with Gasteiger partial charge in [-0.2, -0.15) is 21.0 Å². The number of unbranched alkanes of at least 4 members (excludes halogenated alkanes) is 24. The highest BCUT2D eigenvalue weighted by Gasteiger charge is 2.39.